The van der Waals surface area contributed by atoms with Gasteiger partial charge in [-0.2, -0.15) is 13.2 Å². The first-order chi connectivity index (χ1) is 13.2. The third kappa shape index (κ3) is 4.49. The van der Waals surface area contributed by atoms with Crippen LogP contribution in [0, 0.1) is 0 Å². The summed E-state index contributed by atoms with van der Waals surface area (Å²) in [6, 6.07) is 16.1. The van der Waals surface area contributed by atoms with Gasteiger partial charge < -0.3 is 11.1 Å². The summed E-state index contributed by atoms with van der Waals surface area (Å²) in [4.78, 5) is 24.1. The fraction of sp³-hybridized carbons (Fsp3) is 0.143. The second kappa shape index (κ2) is 7.72. The molecular formula is C21H17F3N2O2. The van der Waals surface area contributed by atoms with E-state index in [9.17, 15) is 22.8 Å². The molecule has 3 aromatic carbocycles. The van der Waals surface area contributed by atoms with Crippen molar-refractivity contribution in [1.82, 2.24) is 5.32 Å². The molecule has 0 radical (unpaired) electrons. The lowest BCUT2D eigenvalue weighted by Gasteiger charge is -2.16. The highest BCUT2D eigenvalue weighted by atomic mass is 19.4. The molecule has 0 fully saturated rings. The molecule has 0 saturated carbocycles. The summed E-state index contributed by atoms with van der Waals surface area (Å²) in [5, 5.41) is 4.51. The summed E-state index contributed by atoms with van der Waals surface area (Å²) in [6.45, 7) is 0. The van der Waals surface area contributed by atoms with Gasteiger partial charge in [-0.05, 0) is 40.6 Å². The first-order valence-corrected chi connectivity index (χ1v) is 8.49. The van der Waals surface area contributed by atoms with E-state index in [0.717, 1.165) is 40.6 Å². The van der Waals surface area contributed by atoms with Crippen LogP contribution in [0.3, 0.4) is 0 Å². The molecule has 2 amide bonds. The lowest BCUT2D eigenvalue weighted by molar-refractivity contribution is -0.137. The molecule has 0 heterocycles. The van der Waals surface area contributed by atoms with E-state index in [2.05, 4.69) is 5.32 Å². The summed E-state index contributed by atoms with van der Waals surface area (Å²) in [6.07, 6.45) is -4.31. The van der Waals surface area contributed by atoms with Crippen LogP contribution in [0.15, 0.2) is 66.7 Å². The summed E-state index contributed by atoms with van der Waals surface area (Å²) in [5.41, 5.74) is 5.36. The highest BCUT2D eigenvalue weighted by Gasteiger charge is 2.30. The minimum absolute atomic E-state index is 0.0118. The number of carbonyl (C=O) groups excluding carboxylic acids is 2. The van der Waals surface area contributed by atoms with Crippen molar-refractivity contribution >= 4 is 22.6 Å². The first-order valence-electron chi connectivity index (χ1n) is 8.49. The van der Waals surface area contributed by atoms with Gasteiger partial charge in [-0.1, -0.05) is 42.5 Å². The van der Waals surface area contributed by atoms with Crippen LogP contribution in [0.5, 0.6) is 0 Å². The fourth-order valence-electron chi connectivity index (χ4n) is 2.88. The molecule has 144 valence electrons. The van der Waals surface area contributed by atoms with Crippen molar-refractivity contribution in [2.75, 3.05) is 0 Å². The van der Waals surface area contributed by atoms with Gasteiger partial charge in [-0.3, -0.25) is 9.59 Å². The number of rotatable bonds is 5. The van der Waals surface area contributed by atoms with E-state index in [1.54, 1.807) is 0 Å². The Morgan fingerprint density at radius 2 is 1.57 bits per heavy atom. The Kier molecular flexibility index (Phi) is 5.35. The van der Waals surface area contributed by atoms with Crippen molar-refractivity contribution in [1.29, 1.82) is 0 Å². The smallest absolute Gasteiger partial charge is 0.368 e. The van der Waals surface area contributed by atoms with Crippen LogP contribution in [0.4, 0.5) is 13.2 Å². The van der Waals surface area contributed by atoms with Gasteiger partial charge in [0.15, 0.2) is 0 Å². The molecule has 4 nitrogen and oxygen atoms in total. The van der Waals surface area contributed by atoms with E-state index in [1.165, 1.54) is 0 Å². The number of hydrogen-bond donors (Lipinski definition) is 2. The second-order valence-electron chi connectivity index (χ2n) is 6.39. The Bertz CT molecular complexity index is 1010. The highest BCUT2D eigenvalue weighted by Crippen LogP contribution is 2.29. The number of nitrogens with two attached hydrogens (primary N) is 1. The minimum Gasteiger partial charge on any atom is -0.368 e. The van der Waals surface area contributed by atoms with E-state index in [0.29, 0.717) is 0 Å². The predicted octanol–water partition coefficient (Wildman–Crippen LogP) is 3.69. The zero-order valence-corrected chi connectivity index (χ0v) is 14.7. The van der Waals surface area contributed by atoms with Gasteiger partial charge in [0.1, 0.15) is 6.04 Å². The molecule has 7 heteroatoms. The molecule has 0 aliphatic rings. The molecule has 0 spiro atoms. The maximum Gasteiger partial charge on any atom is 0.416 e. The molecule has 1 atom stereocenters. The average Bonchev–Trinajstić information content (AvgIpc) is 2.66. The van der Waals surface area contributed by atoms with Crippen molar-refractivity contribution < 1.29 is 22.8 Å². The van der Waals surface area contributed by atoms with E-state index >= 15 is 0 Å². The van der Waals surface area contributed by atoms with Gasteiger partial charge in [0, 0.05) is 12.0 Å². The lowest BCUT2D eigenvalue weighted by atomic mass is 10.0. The van der Waals surface area contributed by atoms with Crippen LogP contribution >= 0.6 is 0 Å². The average molecular weight is 386 g/mol. The first kappa shape index (κ1) is 19.4. The van der Waals surface area contributed by atoms with Gasteiger partial charge in [-0.15, -0.1) is 0 Å². The summed E-state index contributed by atoms with van der Waals surface area (Å²) in [5.74, 6) is -1.40. The Hall–Kier alpha value is -3.35. The van der Waals surface area contributed by atoms with Gasteiger partial charge in [-0.25, -0.2) is 0 Å². The summed E-state index contributed by atoms with van der Waals surface area (Å²) < 4.78 is 37.9. The zero-order chi connectivity index (χ0) is 20.3. The van der Waals surface area contributed by atoms with Crippen LogP contribution in [-0.2, 0) is 17.4 Å². The maximum absolute atomic E-state index is 12.6. The molecule has 0 aliphatic carbocycles. The largest absolute Gasteiger partial charge is 0.416 e. The monoisotopic (exact) mass is 386 g/mol. The van der Waals surface area contributed by atoms with Gasteiger partial charge >= 0.3 is 6.18 Å². The molecule has 28 heavy (non-hydrogen) atoms. The Morgan fingerprint density at radius 1 is 0.929 bits per heavy atom. The van der Waals surface area contributed by atoms with Crippen LogP contribution in [-0.4, -0.2) is 17.9 Å². The molecule has 0 unspecified atom stereocenters. The third-order valence-electron chi connectivity index (χ3n) is 4.38. The number of amides is 2. The van der Waals surface area contributed by atoms with E-state index in [1.807, 2.05) is 42.5 Å². The SMILES string of the molecule is NC(=O)[C@H](Cc1ccc2ccccc2c1)NC(=O)c1ccc(C(F)(F)F)cc1. The van der Waals surface area contributed by atoms with E-state index < -0.39 is 29.6 Å². The number of primary amides is 1. The molecule has 0 aromatic heterocycles. The standard InChI is InChI=1S/C21H17F3N2O2/c22-21(23,24)17-9-7-15(8-10-17)20(28)26-18(19(25)27)12-13-5-6-14-3-1-2-4-16(14)11-13/h1-11,18H,12H2,(H2,25,27)(H,26,28)/t18-/m0/s1. The maximum atomic E-state index is 12.6. The molecule has 3 rings (SSSR count). The molecule has 3 N–H and O–H groups in total. The van der Waals surface area contributed by atoms with Gasteiger partial charge in [0.05, 0.1) is 5.56 Å². The van der Waals surface area contributed by atoms with E-state index in [-0.39, 0.29) is 12.0 Å². The molecule has 0 saturated heterocycles. The lowest BCUT2D eigenvalue weighted by Crippen LogP contribution is -2.45. The quantitative estimate of drug-likeness (QED) is 0.702. The van der Waals surface area contributed by atoms with Crippen LogP contribution in [0.2, 0.25) is 0 Å². The second-order valence-corrected chi connectivity index (χ2v) is 6.39. The van der Waals surface area contributed by atoms with Crippen molar-refractivity contribution in [2.24, 2.45) is 5.73 Å². The van der Waals surface area contributed by atoms with E-state index in [4.69, 9.17) is 5.73 Å². The number of alkyl halides is 3. The Labute approximate surface area is 159 Å². The molecular weight excluding hydrogens is 369 g/mol. The Balaban J connectivity index is 1.75. The van der Waals surface area contributed by atoms with Gasteiger partial charge in [0.25, 0.3) is 5.91 Å². The Morgan fingerprint density at radius 3 is 2.18 bits per heavy atom. The highest BCUT2D eigenvalue weighted by molar-refractivity contribution is 5.97. The summed E-state index contributed by atoms with van der Waals surface area (Å²) in [7, 11) is 0. The normalized spacial score (nSPS) is 12.5. The predicted molar refractivity (Wildman–Crippen MR) is 99.5 cm³/mol. The number of halogens is 3. The topological polar surface area (TPSA) is 72.2 Å². The fourth-order valence-corrected chi connectivity index (χ4v) is 2.88. The number of hydrogen-bond acceptors (Lipinski definition) is 2. The minimum atomic E-state index is -4.49. The van der Waals surface area contributed by atoms with Crippen LogP contribution in [0.1, 0.15) is 21.5 Å². The van der Waals surface area contributed by atoms with Crippen molar-refractivity contribution in [3.63, 3.8) is 0 Å². The number of benzene rings is 3. The number of carbonyl (C=O) groups is 2. The molecule has 3 aromatic rings. The zero-order valence-electron chi connectivity index (χ0n) is 14.7. The van der Waals surface area contributed by atoms with Crippen molar-refractivity contribution in [2.45, 2.75) is 18.6 Å². The summed E-state index contributed by atoms with van der Waals surface area (Å²) >= 11 is 0. The number of fused-ring (bicyclic) bond motifs is 1. The third-order valence-corrected chi connectivity index (χ3v) is 4.38. The molecule has 0 aliphatic heterocycles. The van der Waals surface area contributed by atoms with Crippen LogP contribution < -0.4 is 11.1 Å². The molecule has 0 bridgehead atoms. The van der Waals surface area contributed by atoms with Crippen molar-refractivity contribution in [3.05, 3.63) is 83.4 Å². The number of nitrogens with one attached hydrogen (secondary N) is 1. The van der Waals surface area contributed by atoms with Gasteiger partial charge in [0.2, 0.25) is 5.91 Å². The van der Waals surface area contributed by atoms with Crippen LogP contribution in [0.25, 0.3) is 10.8 Å². The van der Waals surface area contributed by atoms with Crippen molar-refractivity contribution in [3.8, 4) is 0 Å².